The number of aryl methyl sites for hydroxylation is 1. The van der Waals surface area contributed by atoms with Gasteiger partial charge in [0, 0.05) is 43.1 Å². The van der Waals surface area contributed by atoms with Crippen molar-refractivity contribution in [1.82, 2.24) is 14.5 Å². The molecule has 1 N–H and O–H groups in total. The molecule has 0 unspecified atom stereocenters. The Morgan fingerprint density at radius 3 is 2.96 bits per heavy atom. The summed E-state index contributed by atoms with van der Waals surface area (Å²) in [6.07, 6.45) is 5.25. The third kappa shape index (κ3) is 3.33. The van der Waals surface area contributed by atoms with Gasteiger partial charge in [-0.2, -0.15) is 0 Å². The molecule has 0 saturated heterocycles. The molecule has 0 atom stereocenters. The number of fused-ring (bicyclic) bond motifs is 2. The number of carbonyl (C=O) groups is 2. The van der Waals surface area contributed by atoms with Crippen LogP contribution in [0.5, 0.6) is 0 Å². The van der Waals surface area contributed by atoms with E-state index < -0.39 is 0 Å². The van der Waals surface area contributed by atoms with Crippen LogP contribution in [0.4, 0.5) is 5.82 Å². The van der Waals surface area contributed by atoms with E-state index >= 15 is 0 Å². The van der Waals surface area contributed by atoms with Gasteiger partial charge in [-0.1, -0.05) is 18.2 Å². The van der Waals surface area contributed by atoms with Crippen LogP contribution in [0, 0.1) is 0 Å². The minimum atomic E-state index is -0.0880. The molecule has 2 amide bonds. The number of amides is 2. The topological polar surface area (TPSA) is 67.2 Å². The van der Waals surface area contributed by atoms with Gasteiger partial charge >= 0.3 is 0 Å². The van der Waals surface area contributed by atoms with Crippen LogP contribution in [0.15, 0.2) is 48.7 Å². The standard InChI is InChI=1S/C21H20N4O2/c1-24(13-17-10-15-5-3-4-6-18(15)25(17)2)20(27)8-7-14-9-16-11-19(26)23-21(16)22-12-14/h3-10,12H,11,13H2,1-2H3,(H,22,23,26)/b8-7+. The van der Waals surface area contributed by atoms with Gasteiger partial charge in [-0.3, -0.25) is 9.59 Å². The number of aromatic nitrogens is 2. The van der Waals surface area contributed by atoms with Crippen molar-refractivity contribution >= 4 is 34.6 Å². The number of nitrogens with one attached hydrogen (secondary N) is 1. The van der Waals surface area contributed by atoms with Crippen molar-refractivity contribution in [2.75, 3.05) is 12.4 Å². The molecule has 6 heteroatoms. The normalized spacial score (nSPS) is 13.2. The van der Waals surface area contributed by atoms with Crippen LogP contribution in [-0.4, -0.2) is 33.3 Å². The fourth-order valence-corrected chi connectivity index (χ4v) is 3.33. The molecule has 0 aliphatic carbocycles. The molecule has 0 fully saturated rings. The van der Waals surface area contributed by atoms with E-state index in [1.165, 1.54) is 11.5 Å². The monoisotopic (exact) mass is 360 g/mol. The first-order chi connectivity index (χ1) is 13.0. The lowest BCUT2D eigenvalue weighted by Crippen LogP contribution is -2.25. The number of nitrogens with zero attached hydrogens (tertiary/aromatic N) is 3. The van der Waals surface area contributed by atoms with Gasteiger partial charge in [-0.05, 0) is 35.2 Å². The fourth-order valence-electron chi connectivity index (χ4n) is 3.33. The second-order valence-electron chi connectivity index (χ2n) is 6.78. The van der Waals surface area contributed by atoms with Crippen LogP contribution in [-0.2, 0) is 29.6 Å². The molecule has 1 aliphatic rings. The first-order valence-corrected chi connectivity index (χ1v) is 8.76. The zero-order valence-electron chi connectivity index (χ0n) is 15.3. The smallest absolute Gasteiger partial charge is 0.246 e. The molecular weight excluding hydrogens is 340 g/mol. The van der Waals surface area contributed by atoms with E-state index in [1.54, 1.807) is 24.2 Å². The molecule has 1 aliphatic heterocycles. The van der Waals surface area contributed by atoms with Crippen molar-refractivity contribution in [3.05, 3.63) is 65.5 Å². The summed E-state index contributed by atoms with van der Waals surface area (Å²) in [5.41, 5.74) is 3.88. The van der Waals surface area contributed by atoms with E-state index in [2.05, 4.69) is 33.1 Å². The maximum atomic E-state index is 12.5. The highest BCUT2D eigenvalue weighted by atomic mass is 16.2. The number of rotatable bonds is 4. The number of carbonyl (C=O) groups excluding carboxylic acids is 2. The quantitative estimate of drug-likeness (QED) is 0.728. The van der Waals surface area contributed by atoms with Crippen molar-refractivity contribution in [3.8, 4) is 0 Å². The lowest BCUT2D eigenvalue weighted by molar-refractivity contribution is -0.125. The Balaban J connectivity index is 1.46. The molecular formula is C21H20N4O2. The Kier molecular flexibility index (Phi) is 4.24. The number of hydrogen-bond acceptors (Lipinski definition) is 3. The molecule has 136 valence electrons. The molecule has 0 spiro atoms. The van der Waals surface area contributed by atoms with Crippen LogP contribution in [0.3, 0.4) is 0 Å². The van der Waals surface area contributed by atoms with Gasteiger partial charge in [0.05, 0.1) is 13.0 Å². The summed E-state index contributed by atoms with van der Waals surface area (Å²) in [6, 6.07) is 12.2. The summed E-state index contributed by atoms with van der Waals surface area (Å²) >= 11 is 0. The molecule has 4 rings (SSSR count). The van der Waals surface area contributed by atoms with Crippen LogP contribution in [0.2, 0.25) is 0 Å². The first kappa shape index (κ1) is 17.0. The third-order valence-corrected chi connectivity index (χ3v) is 4.84. The van der Waals surface area contributed by atoms with Crippen molar-refractivity contribution in [2.24, 2.45) is 7.05 Å². The van der Waals surface area contributed by atoms with Gasteiger partial charge in [0.1, 0.15) is 5.82 Å². The Morgan fingerprint density at radius 1 is 1.33 bits per heavy atom. The maximum Gasteiger partial charge on any atom is 0.246 e. The van der Waals surface area contributed by atoms with Gasteiger partial charge in [0.25, 0.3) is 0 Å². The zero-order valence-corrected chi connectivity index (χ0v) is 15.3. The molecule has 3 aromatic rings. The van der Waals surface area contributed by atoms with E-state index in [9.17, 15) is 9.59 Å². The summed E-state index contributed by atoms with van der Waals surface area (Å²) in [4.78, 5) is 29.8. The molecule has 0 bridgehead atoms. The Bertz CT molecular complexity index is 1080. The number of hydrogen-bond donors (Lipinski definition) is 1. The van der Waals surface area contributed by atoms with Crippen LogP contribution >= 0.6 is 0 Å². The molecule has 27 heavy (non-hydrogen) atoms. The summed E-state index contributed by atoms with van der Waals surface area (Å²) in [7, 11) is 3.80. The van der Waals surface area contributed by atoms with Crippen LogP contribution in [0.1, 0.15) is 16.8 Å². The molecule has 1 aromatic carbocycles. The van der Waals surface area contributed by atoms with E-state index in [-0.39, 0.29) is 11.8 Å². The van der Waals surface area contributed by atoms with Crippen molar-refractivity contribution in [3.63, 3.8) is 0 Å². The van der Waals surface area contributed by atoms with Crippen LogP contribution < -0.4 is 5.32 Å². The number of likely N-dealkylation sites (N-methyl/N-ethyl adjacent to an activating group) is 1. The van der Waals surface area contributed by atoms with Crippen molar-refractivity contribution < 1.29 is 9.59 Å². The molecule has 0 radical (unpaired) electrons. The van der Waals surface area contributed by atoms with Gasteiger partial charge in [0.15, 0.2) is 0 Å². The number of benzene rings is 1. The lowest BCUT2D eigenvalue weighted by atomic mass is 10.1. The summed E-state index contributed by atoms with van der Waals surface area (Å²) in [5.74, 6) is 0.468. The van der Waals surface area contributed by atoms with Gasteiger partial charge in [-0.15, -0.1) is 0 Å². The summed E-state index contributed by atoms with van der Waals surface area (Å²) in [5, 5.41) is 3.87. The zero-order chi connectivity index (χ0) is 19.0. The summed E-state index contributed by atoms with van der Waals surface area (Å²) < 4.78 is 2.11. The second-order valence-corrected chi connectivity index (χ2v) is 6.78. The van der Waals surface area contributed by atoms with Gasteiger partial charge < -0.3 is 14.8 Å². The third-order valence-electron chi connectivity index (χ3n) is 4.84. The molecule has 2 aromatic heterocycles. The predicted octanol–water partition coefficient (Wildman–Crippen LogP) is 2.74. The highest BCUT2D eigenvalue weighted by Gasteiger charge is 2.18. The van der Waals surface area contributed by atoms with E-state index in [4.69, 9.17) is 0 Å². The van der Waals surface area contributed by atoms with Gasteiger partial charge in [-0.25, -0.2) is 4.98 Å². The maximum absolute atomic E-state index is 12.5. The molecule has 0 saturated carbocycles. The number of anilines is 1. The number of pyridine rings is 1. The SMILES string of the molecule is CN(Cc1cc2ccccc2n1C)C(=O)/C=C/c1cnc2c(c1)CC(=O)N2. The lowest BCUT2D eigenvalue weighted by Gasteiger charge is -2.15. The highest BCUT2D eigenvalue weighted by Crippen LogP contribution is 2.22. The van der Waals surface area contributed by atoms with Crippen LogP contribution in [0.25, 0.3) is 17.0 Å². The van der Waals surface area contributed by atoms with E-state index in [1.807, 2.05) is 25.2 Å². The molecule has 3 heterocycles. The fraction of sp³-hybridized carbons (Fsp3) is 0.190. The Morgan fingerprint density at radius 2 is 2.15 bits per heavy atom. The minimum absolute atomic E-state index is 0.0515. The number of para-hydroxylation sites is 1. The average molecular weight is 360 g/mol. The average Bonchev–Trinajstić information content (AvgIpc) is 3.18. The van der Waals surface area contributed by atoms with Crippen molar-refractivity contribution in [2.45, 2.75) is 13.0 Å². The second kappa shape index (κ2) is 6.72. The van der Waals surface area contributed by atoms with Crippen molar-refractivity contribution in [1.29, 1.82) is 0 Å². The Labute approximate surface area is 157 Å². The Hall–Kier alpha value is -3.41. The minimum Gasteiger partial charge on any atom is -0.346 e. The molecule has 6 nitrogen and oxygen atoms in total. The first-order valence-electron chi connectivity index (χ1n) is 8.76. The van der Waals surface area contributed by atoms with Gasteiger partial charge in [0.2, 0.25) is 11.8 Å². The van der Waals surface area contributed by atoms with E-state index in [0.29, 0.717) is 18.8 Å². The van der Waals surface area contributed by atoms with E-state index in [0.717, 1.165) is 22.3 Å². The highest BCUT2D eigenvalue weighted by molar-refractivity contribution is 5.98. The predicted molar refractivity (Wildman–Crippen MR) is 105 cm³/mol. The largest absolute Gasteiger partial charge is 0.346 e. The summed E-state index contributed by atoms with van der Waals surface area (Å²) in [6.45, 7) is 0.523.